The number of anilines is 1. The van der Waals surface area contributed by atoms with E-state index in [9.17, 15) is 9.59 Å². The van der Waals surface area contributed by atoms with Crippen LogP contribution in [0.4, 0.5) is 11.4 Å². The number of halogens is 4. The van der Waals surface area contributed by atoms with Crippen molar-refractivity contribution in [2.24, 2.45) is 0 Å². The Morgan fingerprint density at radius 1 is 1.04 bits per heavy atom. The van der Waals surface area contributed by atoms with E-state index in [1.54, 1.807) is 13.8 Å². The van der Waals surface area contributed by atoms with E-state index in [-0.39, 0.29) is 31.5 Å². The largest absolute Gasteiger partial charge is 0.335 e. The second kappa shape index (κ2) is 8.46. The quantitative estimate of drug-likeness (QED) is 0.347. The number of amides is 2. The molecule has 10 heteroatoms. The molecule has 0 saturated carbocycles. The predicted molar refractivity (Wildman–Crippen MR) is 92.4 cm³/mol. The van der Waals surface area contributed by atoms with E-state index >= 15 is 0 Å². The van der Waals surface area contributed by atoms with Crippen molar-refractivity contribution in [2.45, 2.75) is 13.8 Å². The SMILES string of the molecule is [C-]#[N+]c1c(Cl)c(Cl)c(NNC(=O)C(=O)N(CC)CC)c(Cl)c1Cl. The molecule has 0 radical (unpaired) electrons. The van der Waals surface area contributed by atoms with Crippen molar-refractivity contribution in [1.29, 1.82) is 0 Å². The first kappa shape index (κ1) is 19.7. The molecule has 2 amide bonds. The molecule has 1 aromatic rings. The molecule has 0 aliphatic heterocycles. The standard InChI is InChI=1S/C13H12Cl4N4O2/c1-4-21(5-2)13(23)12(22)20-19-11-8(16)6(14)10(18-3)7(15)9(11)17/h19H,4-5H2,1-2H3,(H,20,22). The van der Waals surface area contributed by atoms with Crippen molar-refractivity contribution in [3.8, 4) is 0 Å². The first-order chi connectivity index (χ1) is 10.8. The summed E-state index contributed by atoms with van der Waals surface area (Å²) >= 11 is 23.9. The molecule has 1 aromatic carbocycles. The van der Waals surface area contributed by atoms with Gasteiger partial charge in [0.2, 0.25) is 5.69 Å². The van der Waals surface area contributed by atoms with Crippen LogP contribution in [0.15, 0.2) is 0 Å². The molecule has 6 nitrogen and oxygen atoms in total. The van der Waals surface area contributed by atoms with Crippen LogP contribution in [-0.4, -0.2) is 29.8 Å². The van der Waals surface area contributed by atoms with Crippen LogP contribution in [0.25, 0.3) is 4.85 Å². The van der Waals surface area contributed by atoms with Gasteiger partial charge in [-0.25, -0.2) is 4.85 Å². The second-order valence-corrected chi connectivity index (χ2v) is 5.66. The third kappa shape index (κ3) is 4.12. The topological polar surface area (TPSA) is 65.8 Å². The molecule has 124 valence electrons. The molecule has 23 heavy (non-hydrogen) atoms. The number of likely N-dealkylation sites (N-methyl/N-ethyl adjacent to an activating group) is 1. The minimum Gasteiger partial charge on any atom is -0.335 e. The van der Waals surface area contributed by atoms with Crippen LogP contribution < -0.4 is 10.9 Å². The van der Waals surface area contributed by atoms with Crippen molar-refractivity contribution >= 4 is 69.6 Å². The Bertz CT molecular complexity index is 655. The molecule has 2 N–H and O–H groups in total. The first-order valence-electron chi connectivity index (χ1n) is 6.38. The summed E-state index contributed by atoms with van der Waals surface area (Å²) in [5.41, 5.74) is 4.49. The summed E-state index contributed by atoms with van der Waals surface area (Å²) in [7, 11) is 0. The Labute approximate surface area is 153 Å². The summed E-state index contributed by atoms with van der Waals surface area (Å²) in [6.07, 6.45) is 0. The van der Waals surface area contributed by atoms with Gasteiger partial charge in [0, 0.05) is 13.1 Å². The number of benzene rings is 1. The lowest BCUT2D eigenvalue weighted by Gasteiger charge is -2.19. The van der Waals surface area contributed by atoms with Crippen molar-refractivity contribution in [1.82, 2.24) is 10.3 Å². The summed E-state index contributed by atoms with van der Waals surface area (Å²) in [6, 6.07) is 0. The molecule has 0 unspecified atom stereocenters. The molecule has 0 spiro atoms. The molecule has 0 aliphatic rings. The molecule has 0 bridgehead atoms. The number of hydrazine groups is 1. The Morgan fingerprint density at radius 3 is 1.91 bits per heavy atom. The third-order valence-corrected chi connectivity index (χ3v) is 4.58. The van der Waals surface area contributed by atoms with E-state index in [4.69, 9.17) is 53.0 Å². The van der Waals surface area contributed by atoms with Gasteiger partial charge in [0.15, 0.2) is 0 Å². The minimum absolute atomic E-state index is 0.00331. The molecule has 0 aliphatic carbocycles. The van der Waals surface area contributed by atoms with Crippen LogP contribution in [0.2, 0.25) is 20.1 Å². The average Bonchev–Trinajstić information content (AvgIpc) is 2.54. The predicted octanol–water partition coefficient (Wildman–Crippen LogP) is 4.16. The van der Waals surface area contributed by atoms with Gasteiger partial charge >= 0.3 is 11.8 Å². The molecule has 0 atom stereocenters. The fourth-order valence-corrected chi connectivity index (χ4v) is 2.68. The van der Waals surface area contributed by atoms with Crippen LogP contribution in [-0.2, 0) is 9.59 Å². The molecule has 0 heterocycles. The van der Waals surface area contributed by atoms with Crippen molar-refractivity contribution in [3.05, 3.63) is 31.5 Å². The van der Waals surface area contributed by atoms with Crippen molar-refractivity contribution in [2.75, 3.05) is 18.5 Å². The summed E-state index contributed by atoms with van der Waals surface area (Å²) < 4.78 is 0. The van der Waals surface area contributed by atoms with Crippen LogP contribution in [0, 0.1) is 6.57 Å². The van der Waals surface area contributed by atoms with E-state index < -0.39 is 11.8 Å². The Morgan fingerprint density at radius 2 is 1.52 bits per heavy atom. The number of hydrogen-bond donors (Lipinski definition) is 2. The maximum atomic E-state index is 11.8. The van der Waals surface area contributed by atoms with Gasteiger partial charge in [0.1, 0.15) is 0 Å². The van der Waals surface area contributed by atoms with Crippen LogP contribution in [0.1, 0.15) is 13.8 Å². The fourth-order valence-electron chi connectivity index (χ4n) is 1.66. The number of nitrogens with zero attached hydrogens (tertiary/aromatic N) is 2. The lowest BCUT2D eigenvalue weighted by Crippen LogP contribution is -2.44. The normalized spacial score (nSPS) is 9.96. The highest BCUT2D eigenvalue weighted by Gasteiger charge is 2.23. The van der Waals surface area contributed by atoms with Crippen LogP contribution in [0.5, 0.6) is 0 Å². The second-order valence-electron chi connectivity index (χ2n) is 4.15. The summed E-state index contributed by atoms with van der Waals surface area (Å²) in [6.45, 7) is 11.3. The Hall–Kier alpha value is -1.39. The van der Waals surface area contributed by atoms with Gasteiger partial charge in [-0.05, 0) is 13.8 Å². The number of carbonyl (C=O) groups is 2. The summed E-state index contributed by atoms with van der Waals surface area (Å²) in [4.78, 5) is 28.2. The van der Waals surface area contributed by atoms with Gasteiger partial charge < -0.3 is 4.90 Å². The lowest BCUT2D eigenvalue weighted by atomic mass is 10.3. The van der Waals surface area contributed by atoms with Gasteiger partial charge in [-0.3, -0.25) is 20.4 Å². The number of nitrogens with one attached hydrogen (secondary N) is 2. The number of hydrogen-bond acceptors (Lipinski definition) is 3. The van der Waals surface area contributed by atoms with E-state index in [1.165, 1.54) is 4.90 Å². The zero-order valence-corrected chi connectivity index (χ0v) is 15.2. The zero-order valence-electron chi connectivity index (χ0n) is 12.1. The van der Waals surface area contributed by atoms with E-state index in [2.05, 4.69) is 15.7 Å². The summed E-state index contributed by atoms with van der Waals surface area (Å²) in [5, 5.41) is -0.406. The monoisotopic (exact) mass is 396 g/mol. The highest BCUT2D eigenvalue weighted by atomic mass is 35.5. The smallest absolute Gasteiger partial charge is 0.327 e. The average molecular weight is 398 g/mol. The lowest BCUT2D eigenvalue weighted by molar-refractivity contribution is -0.145. The Kier molecular flexibility index (Phi) is 7.23. The van der Waals surface area contributed by atoms with Crippen LogP contribution >= 0.6 is 46.4 Å². The summed E-state index contributed by atoms with van der Waals surface area (Å²) in [5.74, 6) is -1.62. The maximum absolute atomic E-state index is 11.8. The van der Waals surface area contributed by atoms with Crippen molar-refractivity contribution in [3.63, 3.8) is 0 Å². The molecule has 0 fully saturated rings. The molecular weight excluding hydrogens is 386 g/mol. The van der Waals surface area contributed by atoms with Gasteiger partial charge in [0.25, 0.3) is 0 Å². The highest BCUT2D eigenvalue weighted by Crippen LogP contribution is 2.48. The van der Waals surface area contributed by atoms with Gasteiger partial charge in [-0.2, -0.15) is 0 Å². The van der Waals surface area contributed by atoms with Gasteiger partial charge in [0.05, 0.1) is 32.4 Å². The Balaban J connectivity index is 3.02. The van der Waals surface area contributed by atoms with E-state index in [0.717, 1.165) is 0 Å². The number of carbonyl (C=O) groups excluding carboxylic acids is 2. The first-order valence-corrected chi connectivity index (χ1v) is 7.89. The minimum atomic E-state index is -0.901. The molecule has 0 aromatic heterocycles. The van der Waals surface area contributed by atoms with Gasteiger partial charge in [-0.15, -0.1) is 0 Å². The molecule has 0 saturated heterocycles. The van der Waals surface area contributed by atoms with E-state index in [1.807, 2.05) is 0 Å². The zero-order chi connectivity index (χ0) is 17.7. The van der Waals surface area contributed by atoms with Crippen molar-refractivity contribution < 1.29 is 9.59 Å². The molecular formula is C13H12Cl4N4O2. The van der Waals surface area contributed by atoms with Gasteiger partial charge in [-0.1, -0.05) is 46.4 Å². The maximum Gasteiger partial charge on any atom is 0.327 e. The highest BCUT2D eigenvalue weighted by molar-refractivity contribution is 6.52. The third-order valence-electron chi connectivity index (χ3n) is 2.90. The fraction of sp³-hybridized carbons (Fsp3) is 0.308. The van der Waals surface area contributed by atoms with Crippen LogP contribution in [0.3, 0.4) is 0 Å². The van der Waals surface area contributed by atoms with E-state index in [0.29, 0.717) is 13.1 Å². The number of rotatable bonds is 4. The molecule has 1 rings (SSSR count).